The van der Waals surface area contributed by atoms with E-state index in [4.69, 9.17) is 4.74 Å². The van der Waals surface area contributed by atoms with Crippen molar-refractivity contribution in [3.63, 3.8) is 0 Å². The standard InChI is InChI=1S/C16H24N2O3/c1-12-4-3-5-15(13(12)2)16(20)17-10-14(19)11-18-6-8-21-9-7-18/h3-5,14,19H,6-11H2,1-2H3,(H,17,20). The Morgan fingerprint density at radius 1 is 1.38 bits per heavy atom. The Kier molecular flexibility index (Phi) is 5.73. The van der Waals surface area contributed by atoms with E-state index in [-0.39, 0.29) is 12.5 Å². The zero-order chi connectivity index (χ0) is 15.2. The van der Waals surface area contributed by atoms with Crippen molar-refractivity contribution < 1.29 is 14.6 Å². The van der Waals surface area contributed by atoms with Crippen LogP contribution in [0.25, 0.3) is 0 Å². The van der Waals surface area contributed by atoms with Crippen molar-refractivity contribution in [2.75, 3.05) is 39.4 Å². The molecule has 0 bridgehead atoms. The SMILES string of the molecule is Cc1cccc(C(=O)NCC(O)CN2CCOCC2)c1C. The second-order valence-electron chi connectivity index (χ2n) is 5.52. The molecule has 0 spiro atoms. The summed E-state index contributed by atoms with van der Waals surface area (Å²) < 4.78 is 5.27. The van der Waals surface area contributed by atoms with Crippen LogP contribution in [0.1, 0.15) is 21.5 Å². The fourth-order valence-corrected chi connectivity index (χ4v) is 2.45. The molecule has 1 aromatic carbocycles. The van der Waals surface area contributed by atoms with Crippen LogP contribution in [0, 0.1) is 13.8 Å². The number of hydrogen-bond acceptors (Lipinski definition) is 4. The highest BCUT2D eigenvalue weighted by atomic mass is 16.5. The predicted octanol–water partition coefficient (Wildman–Crippen LogP) is 0.726. The number of aliphatic hydroxyl groups is 1. The van der Waals surface area contributed by atoms with Gasteiger partial charge in [0, 0.05) is 31.7 Å². The van der Waals surface area contributed by atoms with Gasteiger partial charge in [-0.3, -0.25) is 9.69 Å². The Balaban J connectivity index is 1.81. The molecule has 0 aromatic heterocycles. The number of hydrogen-bond donors (Lipinski definition) is 2. The van der Waals surface area contributed by atoms with Crippen LogP contribution in [0.4, 0.5) is 0 Å². The molecule has 21 heavy (non-hydrogen) atoms. The summed E-state index contributed by atoms with van der Waals surface area (Å²) in [5.41, 5.74) is 2.75. The summed E-state index contributed by atoms with van der Waals surface area (Å²) >= 11 is 0. The molecule has 1 heterocycles. The fourth-order valence-electron chi connectivity index (χ4n) is 2.45. The number of morpholine rings is 1. The lowest BCUT2D eigenvalue weighted by Crippen LogP contribution is -2.44. The average Bonchev–Trinajstić information content (AvgIpc) is 2.48. The summed E-state index contributed by atoms with van der Waals surface area (Å²) in [5.74, 6) is -0.128. The highest BCUT2D eigenvalue weighted by Crippen LogP contribution is 2.12. The van der Waals surface area contributed by atoms with Crippen molar-refractivity contribution >= 4 is 5.91 Å². The van der Waals surface area contributed by atoms with Gasteiger partial charge in [-0.15, -0.1) is 0 Å². The number of carbonyl (C=O) groups is 1. The molecule has 1 aliphatic heterocycles. The van der Waals surface area contributed by atoms with Crippen LogP contribution in [0.15, 0.2) is 18.2 Å². The normalized spacial score (nSPS) is 17.5. The minimum atomic E-state index is -0.558. The zero-order valence-corrected chi connectivity index (χ0v) is 12.8. The average molecular weight is 292 g/mol. The van der Waals surface area contributed by atoms with Crippen LogP contribution < -0.4 is 5.32 Å². The van der Waals surface area contributed by atoms with Crippen molar-refractivity contribution in [3.8, 4) is 0 Å². The van der Waals surface area contributed by atoms with Gasteiger partial charge in [0.15, 0.2) is 0 Å². The van der Waals surface area contributed by atoms with Gasteiger partial charge in [0.1, 0.15) is 0 Å². The third-order valence-electron chi connectivity index (χ3n) is 3.92. The molecule has 1 unspecified atom stereocenters. The Morgan fingerprint density at radius 2 is 2.10 bits per heavy atom. The first kappa shape index (κ1) is 15.9. The van der Waals surface area contributed by atoms with E-state index in [0.29, 0.717) is 25.3 Å². The number of carbonyl (C=O) groups excluding carboxylic acids is 1. The summed E-state index contributed by atoms with van der Waals surface area (Å²) in [4.78, 5) is 14.3. The van der Waals surface area contributed by atoms with Crippen LogP contribution in [0.5, 0.6) is 0 Å². The maximum Gasteiger partial charge on any atom is 0.251 e. The fraction of sp³-hybridized carbons (Fsp3) is 0.562. The first-order valence-corrected chi connectivity index (χ1v) is 7.40. The monoisotopic (exact) mass is 292 g/mol. The number of nitrogens with zero attached hydrogens (tertiary/aromatic N) is 1. The number of ether oxygens (including phenoxy) is 1. The van der Waals surface area contributed by atoms with Crippen LogP contribution in [0.2, 0.25) is 0 Å². The van der Waals surface area contributed by atoms with E-state index >= 15 is 0 Å². The molecule has 1 fully saturated rings. The Morgan fingerprint density at radius 3 is 2.81 bits per heavy atom. The van der Waals surface area contributed by atoms with E-state index in [2.05, 4.69) is 10.2 Å². The number of amides is 1. The molecule has 1 atom stereocenters. The third-order valence-corrected chi connectivity index (χ3v) is 3.92. The van der Waals surface area contributed by atoms with E-state index in [1.165, 1.54) is 0 Å². The second kappa shape index (κ2) is 7.54. The highest BCUT2D eigenvalue weighted by molar-refractivity contribution is 5.95. The van der Waals surface area contributed by atoms with Gasteiger partial charge in [-0.05, 0) is 31.0 Å². The molecule has 1 saturated heterocycles. The number of aryl methyl sites for hydroxylation is 1. The number of nitrogens with one attached hydrogen (secondary N) is 1. The predicted molar refractivity (Wildman–Crippen MR) is 81.5 cm³/mol. The number of β-amino-alcohol motifs (C(OH)–C–C–N with tert-alkyl or cyclic N) is 1. The van der Waals surface area contributed by atoms with Crippen LogP contribution >= 0.6 is 0 Å². The second-order valence-corrected chi connectivity index (χ2v) is 5.52. The maximum absolute atomic E-state index is 12.2. The van der Waals surface area contributed by atoms with Crippen molar-refractivity contribution in [2.45, 2.75) is 20.0 Å². The summed E-state index contributed by atoms with van der Waals surface area (Å²) in [6.07, 6.45) is -0.558. The van der Waals surface area contributed by atoms with Crippen molar-refractivity contribution in [3.05, 3.63) is 34.9 Å². The Hall–Kier alpha value is -1.43. The molecule has 1 aromatic rings. The quantitative estimate of drug-likeness (QED) is 0.840. The lowest BCUT2D eigenvalue weighted by atomic mass is 10.0. The Labute approximate surface area is 125 Å². The van der Waals surface area contributed by atoms with Crippen LogP contribution in [0.3, 0.4) is 0 Å². The molecule has 5 nitrogen and oxygen atoms in total. The molecule has 0 saturated carbocycles. The summed E-state index contributed by atoms with van der Waals surface area (Å²) in [7, 11) is 0. The molecule has 5 heteroatoms. The number of aliphatic hydroxyl groups excluding tert-OH is 1. The lowest BCUT2D eigenvalue weighted by molar-refractivity contribution is 0.0149. The Bertz CT molecular complexity index is 484. The molecule has 2 N–H and O–H groups in total. The maximum atomic E-state index is 12.2. The van der Waals surface area contributed by atoms with Gasteiger partial charge in [0.25, 0.3) is 5.91 Å². The minimum Gasteiger partial charge on any atom is -0.390 e. The number of rotatable bonds is 5. The van der Waals surface area contributed by atoms with E-state index < -0.39 is 6.10 Å². The molecule has 1 aliphatic rings. The summed E-state index contributed by atoms with van der Waals surface area (Å²) in [6.45, 7) is 7.85. The van der Waals surface area contributed by atoms with Gasteiger partial charge in [-0.25, -0.2) is 0 Å². The van der Waals surface area contributed by atoms with Gasteiger partial charge in [0.05, 0.1) is 19.3 Å². The van der Waals surface area contributed by atoms with Crippen LogP contribution in [-0.4, -0.2) is 61.4 Å². The van der Waals surface area contributed by atoms with Gasteiger partial charge >= 0.3 is 0 Å². The van der Waals surface area contributed by atoms with Gasteiger partial charge in [0.2, 0.25) is 0 Å². The third kappa shape index (κ3) is 4.52. The van der Waals surface area contributed by atoms with E-state index in [9.17, 15) is 9.90 Å². The summed E-state index contributed by atoms with van der Waals surface area (Å²) in [5, 5.41) is 12.8. The molecule has 2 rings (SSSR count). The topological polar surface area (TPSA) is 61.8 Å². The highest BCUT2D eigenvalue weighted by Gasteiger charge is 2.16. The van der Waals surface area contributed by atoms with Crippen molar-refractivity contribution in [1.82, 2.24) is 10.2 Å². The van der Waals surface area contributed by atoms with E-state index in [0.717, 1.165) is 24.2 Å². The molecule has 0 radical (unpaired) electrons. The molecule has 0 aliphatic carbocycles. The van der Waals surface area contributed by atoms with Gasteiger partial charge in [-0.1, -0.05) is 12.1 Å². The number of benzene rings is 1. The lowest BCUT2D eigenvalue weighted by Gasteiger charge is -2.28. The van der Waals surface area contributed by atoms with Gasteiger partial charge < -0.3 is 15.2 Å². The smallest absolute Gasteiger partial charge is 0.251 e. The molecular formula is C16H24N2O3. The van der Waals surface area contributed by atoms with Crippen molar-refractivity contribution in [1.29, 1.82) is 0 Å². The zero-order valence-electron chi connectivity index (χ0n) is 12.8. The van der Waals surface area contributed by atoms with Gasteiger partial charge in [-0.2, -0.15) is 0 Å². The first-order chi connectivity index (χ1) is 10.1. The summed E-state index contributed by atoms with van der Waals surface area (Å²) in [6, 6.07) is 5.67. The van der Waals surface area contributed by atoms with Crippen molar-refractivity contribution in [2.24, 2.45) is 0 Å². The molecule has 1 amide bonds. The molecular weight excluding hydrogens is 268 g/mol. The minimum absolute atomic E-state index is 0.128. The van der Waals surface area contributed by atoms with E-state index in [1.54, 1.807) is 0 Å². The molecule has 116 valence electrons. The van der Waals surface area contributed by atoms with E-state index in [1.807, 2.05) is 32.0 Å². The van der Waals surface area contributed by atoms with Crippen LogP contribution in [-0.2, 0) is 4.74 Å². The largest absolute Gasteiger partial charge is 0.390 e. The first-order valence-electron chi connectivity index (χ1n) is 7.40.